The highest BCUT2D eigenvalue weighted by Gasteiger charge is 2.17. The van der Waals surface area contributed by atoms with Gasteiger partial charge < -0.3 is 9.84 Å². The highest BCUT2D eigenvalue weighted by molar-refractivity contribution is 6.30. The Labute approximate surface area is 154 Å². The zero-order valence-electron chi connectivity index (χ0n) is 14.5. The van der Waals surface area contributed by atoms with Crippen LogP contribution in [0.3, 0.4) is 0 Å². The first-order valence-corrected chi connectivity index (χ1v) is 8.26. The third-order valence-electron chi connectivity index (χ3n) is 3.32. The van der Waals surface area contributed by atoms with Crippen LogP contribution in [0.5, 0.6) is 0 Å². The van der Waals surface area contributed by atoms with Crippen molar-refractivity contribution in [1.82, 2.24) is 30.7 Å². The van der Waals surface area contributed by atoms with E-state index in [1.54, 1.807) is 24.3 Å². The number of urea groups is 1. The Morgan fingerprint density at radius 1 is 1.31 bits per heavy atom. The van der Waals surface area contributed by atoms with E-state index in [-0.39, 0.29) is 17.9 Å². The zero-order chi connectivity index (χ0) is 18.7. The number of rotatable bonds is 4. The largest absolute Gasteiger partial charge is 0.354 e. The van der Waals surface area contributed by atoms with Gasteiger partial charge in [-0.15, -0.1) is 10.2 Å². The van der Waals surface area contributed by atoms with Crippen LogP contribution in [0, 0.1) is 0 Å². The number of hydrogen-bond acceptors (Lipinski definition) is 6. The van der Waals surface area contributed by atoms with Crippen molar-refractivity contribution in [2.45, 2.75) is 32.9 Å². The number of nitrogens with one attached hydrogen (secondary N) is 2. The summed E-state index contributed by atoms with van der Waals surface area (Å²) in [5, 5.41) is 21.7. The van der Waals surface area contributed by atoms with Crippen LogP contribution in [0.2, 0.25) is 5.02 Å². The molecule has 2 aromatic heterocycles. The molecule has 1 aromatic carbocycles. The summed E-state index contributed by atoms with van der Waals surface area (Å²) >= 11 is 5.95. The van der Waals surface area contributed by atoms with Crippen molar-refractivity contribution in [3.05, 3.63) is 41.2 Å². The maximum atomic E-state index is 12.0. The van der Waals surface area contributed by atoms with Gasteiger partial charge >= 0.3 is 6.03 Å². The van der Waals surface area contributed by atoms with Crippen LogP contribution in [-0.2, 0) is 12.1 Å². The van der Waals surface area contributed by atoms with E-state index in [9.17, 15) is 4.79 Å². The Balaban J connectivity index is 1.56. The Bertz CT molecular complexity index is 913. The topological polar surface area (TPSA) is 111 Å². The minimum absolute atomic E-state index is 0.140. The number of benzene rings is 1. The van der Waals surface area contributed by atoms with Gasteiger partial charge in [-0.2, -0.15) is 4.80 Å². The van der Waals surface area contributed by atoms with Crippen LogP contribution < -0.4 is 10.6 Å². The van der Waals surface area contributed by atoms with E-state index in [1.807, 2.05) is 26.8 Å². The minimum atomic E-state index is -0.456. The molecule has 0 saturated heterocycles. The molecule has 0 aliphatic heterocycles. The molecule has 2 N–H and O–H groups in total. The van der Waals surface area contributed by atoms with Gasteiger partial charge in [0.05, 0.1) is 12.1 Å². The molecular formula is C16H18ClN7O2. The predicted molar refractivity (Wildman–Crippen MR) is 95.6 cm³/mol. The lowest BCUT2D eigenvalue weighted by molar-refractivity contribution is 0.251. The number of tetrazole rings is 1. The van der Waals surface area contributed by atoms with Gasteiger partial charge in [-0.3, -0.25) is 5.32 Å². The van der Waals surface area contributed by atoms with E-state index < -0.39 is 6.03 Å². The Hall–Kier alpha value is -2.94. The first kappa shape index (κ1) is 17.9. The molecule has 0 radical (unpaired) electrons. The van der Waals surface area contributed by atoms with E-state index in [0.717, 1.165) is 5.56 Å². The molecule has 2 heterocycles. The molecule has 136 valence electrons. The first-order chi connectivity index (χ1) is 12.3. The second kappa shape index (κ2) is 7.12. The van der Waals surface area contributed by atoms with Crippen LogP contribution >= 0.6 is 11.6 Å². The van der Waals surface area contributed by atoms with Gasteiger partial charge in [0.2, 0.25) is 0 Å². The maximum Gasteiger partial charge on any atom is 0.320 e. The molecular weight excluding hydrogens is 358 g/mol. The highest BCUT2D eigenvalue weighted by atomic mass is 35.5. The second-order valence-corrected chi connectivity index (χ2v) is 7.00. The average molecular weight is 376 g/mol. The molecule has 0 spiro atoms. The lowest BCUT2D eigenvalue weighted by atomic mass is 10.1. The van der Waals surface area contributed by atoms with Gasteiger partial charge in [0.15, 0.2) is 17.4 Å². The van der Waals surface area contributed by atoms with E-state index >= 15 is 0 Å². The van der Waals surface area contributed by atoms with Crippen LogP contribution in [0.25, 0.3) is 11.3 Å². The van der Waals surface area contributed by atoms with Crippen molar-refractivity contribution in [2.75, 3.05) is 5.32 Å². The predicted octanol–water partition coefficient (Wildman–Crippen LogP) is 3.06. The number of carbonyl (C=O) groups excluding carboxylic acids is 1. The fourth-order valence-corrected chi connectivity index (χ4v) is 2.22. The number of carbonyl (C=O) groups is 1. The van der Waals surface area contributed by atoms with Crippen molar-refractivity contribution in [1.29, 1.82) is 0 Å². The summed E-state index contributed by atoms with van der Waals surface area (Å²) in [6.07, 6.45) is 0. The molecule has 0 aliphatic rings. The van der Waals surface area contributed by atoms with Gasteiger partial charge in [0, 0.05) is 16.7 Å². The molecule has 10 heteroatoms. The number of nitrogens with zero attached hydrogens (tertiary/aromatic N) is 5. The molecule has 0 saturated carbocycles. The van der Waals surface area contributed by atoms with Crippen molar-refractivity contribution in [3.8, 4) is 11.3 Å². The smallest absolute Gasteiger partial charge is 0.320 e. The summed E-state index contributed by atoms with van der Waals surface area (Å²) in [4.78, 5) is 13.5. The van der Waals surface area contributed by atoms with Crippen LogP contribution in [0.15, 0.2) is 34.9 Å². The number of aromatic nitrogens is 5. The lowest BCUT2D eigenvalue weighted by Gasteiger charge is -2.15. The summed E-state index contributed by atoms with van der Waals surface area (Å²) in [6, 6.07) is 8.30. The van der Waals surface area contributed by atoms with E-state index in [4.69, 9.17) is 16.1 Å². The first-order valence-electron chi connectivity index (χ1n) is 7.88. The molecule has 26 heavy (non-hydrogen) atoms. The second-order valence-electron chi connectivity index (χ2n) is 6.56. The molecule has 3 rings (SSSR count). The van der Waals surface area contributed by atoms with Crippen LogP contribution in [0.1, 0.15) is 26.6 Å². The maximum absolute atomic E-state index is 12.0. The van der Waals surface area contributed by atoms with E-state index in [2.05, 4.69) is 31.2 Å². The highest BCUT2D eigenvalue weighted by Crippen LogP contribution is 2.24. The number of amides is 2. The van der Waals surface area contributed by atoms with Gasteiger partial charge in [-0.1, -0.05) is 28.9 Å². The standard InChI is InChI=1S/C16H18ClN7O2/c1-16(2,3)24-21-14(20-23-24)9-18-15(25)19-13-8-12(26-22-13)10-5-4-6-11(17)7-10/h4-8H,9H2,1-3H3,(H2,18,19,22,25). The lowest BCUT2D eigenvalue weighted by Crippen LogP contribution is -2.29. The summed E-state index contributed by atoms with van der Waals surface area (Å²) in [6.45, 7) is 6.02. The van der Waals surface area contributed by atoms with E-state index in [0.29, 0.717) is 16.6 Å². The molecule has 0 bridgehead atoms. The van der Waals surface area contributed by atoms with Gasteiger partial charge in [-0.05, 0) is 38.1 Å². The fourth-order valence-electron chi connectivity index (χ4n) is 2.03. The quantitative estimate of drug-likeness (QED) is 0.725. The molecule has 0 aliphatic carbocycles. The van der Waals surface area contributed by atoms with Gasteiger partial charge in [-0.25, -0.2) is 4.79 Å². The van der Waals surface area contributed by atoms with Crippen molar-refractivity contribution in [2.24, 2.45) is 0 Å². The SMILES string of the molecule is CC(C)(C)n1nnc(CNC(=O)Nc2cc(-c3cccc(Cl)c3)on2)n1. The molecule has 3 aromatic rings. The molecule has 0 fully saturated rings. The zero-order valence-corrected chi connectivity index (χ0v) is 15.3. The van der Waals surface area contributed by atoms with E-state index in [1.165, 1.54) is 4.80 Å². The van der Waals surface area contributed by atoms with Crippen LogP contribution in [0.4, 0.5) is 10.6 Å². The Kier molecular flexibility index (Phi) is 4.90. The van der Waals surface area contributed by atoms with Crippen molar-refractivity contribution >= 4 is 23.4 Å². The molecule has 2 amide bonds. The number of hydrogen-bond donors (Lipinski definition) is 2. The normalized spacial score (nSPS) is 11.4. The average Bonchev–Trinajstić information content (AvgIpc) is 3.22. The third kappa shape index (κ3) is 4.37. The molecule has 9 nitrogen and oxygen atoms in total. The molecule has 0 unspecified atom stereocenters. The Morgan fingerprint density at radius 2 is 2.12 bits per heavy atom. The monoisotopic (exact) mass is 375 g/mol. The number of halogens is 1. The summed E-state index contributed by atoms with van der Waals surface area (Å²) < 4.78 is 5.22. The van der Waals surface area contributed by atoms with Crippen molar-refractivity contribution in [3.63, 3.8) is 0 Å². The molecule has 0 atom stereocenters. The number of anilines is 1. The summed E-state index contributed by atoms with van der Waals surface area (Å²) in [7, 11) is 0. The van der Waals surface area contributed by atoms with Gasteiger partial charge in [0.25, 0.3) is 0 Å². The van der Waals surface area contributed by atoms with Crippen molar-refractivity contribution < 1.29 is 9.32 Å². The van der Waals surface area contributed by atoms with Crippen LogP contribution in [-0.4, -0.2) is 31.4 Å². The summed E-state index contributed by atoms with van der Waals surface area (Å²) in [5.74, 6) is 1.19. The fraction of sp³-hybridized carbons (Fsp3) is 0.312. The summed E-state index contributed by atoms with van der Waals surface area (Å²) in [5.41, 5.74) is 0.492. The van der Waals surface area contributed by atoms with Gasteiger partial charge in [0.1, 0.15) is 0 Å². The third-order valence-corrected chi connectivity index (χ3v) is 3.56. The minimum Gasteiger partial charge on any atom is -0.354 e. The Morgan fingerprint density at radius 3 is 2.81 bits per heavy atom.